The molecule has 0 aromatic carbocycles. The highest BCUT2D eigenvalue weighted by Crippen LogP contribution is 2.07. The number of nitrogens with one attached hydrogen (secondary N) is 1. The van der Waals surface area contributed by atoms with Crippen LogP contribution in [0.15, 0.2) is 0 Å². The zero-order valence-corrected chi connectivity index (χ0v) is 11.0. The number of aliphatic hydroxyl groups excluding tert-OH is 1. The molecule has 5 nitrogen and oxygen atoms in total. The standard InChI is InChI=1S/C12H26N2O3/c1-14-5-3-11(4-6-14)13-9-12(15)10-17-8-7-16-2/h11-13,15H,3-10H2,1-2H3. The lowest BCUT2D eigenvalue weighted by Gasteiger charge is -2.30. The van der Waals surface area contributed by atoms with Crippen LogP contribution in [-0.2, 0) is 9.47 Å². The first-order valence-corrected chi connectivity index (χ1v) is 6.39. The first-order chi connectivity index (χ1) is 8.22. The van der Waals surface area contributed by atoms with Gasteiger partial charge in [-0.3, -0.25) is 0 Å². The van der Waals surface area contributed by atoms with Gasteiger partial charge in [0.2, 0.25) is 0 Å². The molecule has 5 heteroatoms. The van der Waals surface area contributed by atoms with Crippen LogP contribution < -0.4 is 5.32 Å². The van der Waals surface area contributed by atoms with Crippen molar-refractivity contribution in [3.8, 4) is 0 Å². The highest BCUT2D eigenvalue weighted by atomic mass is 16.5. The Morgan fingerprint density at radius 1 is 1.35 bits per heavy atom. The third kappa shape index (κ3) is 6.95. The molecule has 0 aromatic heterocycles. The summed E-state index contributed by atoms with van der Waals surface area (Å²) in [6, 6.07) is 0.542. The van der Waals surface area contributed by atoms with Crippen molar-refractivity contribution in [2.75, 3.05) is 53.6 Å². The predicted molar refractivity (Wildman–Crippen MR) is 67.2 cm³/mol. The topological polar surface area (TPSA) is 54.0 Å². The summed E-state index contributed by atoms with van der Waals surface area (Å²) in [5.74, 6) is 0. The van der Waals surface area contributed by atoms with Crippen molar-refractivity contribution in [3.63, 3.8) is 0 Å². The van der Waals surface area contributed by atoms with Crippen molar-refractivity contribution in [1.82, 2.24) is 10.2 Å². The van der Waals surface area contributed by atoms with Gasteiger partial charge in [0, 0.05) is 19.7 Å². The van der Waals surface area contributed by atoms with E-state index in [1.807, 2.05) is 0 Å². The van der Waals surface area contributed by atoms with Gasteiger partial charge in [0.1, 0.15) is 0 Å². The molecule has 0 aromatic rings. The van der Waals surface area contributed by atoms with Crippen molar-refractivity contribution >= 4 is 0 Å². The number of hydrogen-bond donors (Lipinski definition) is 2. The molecule has 17 heavy (non-hydrogen) atoms. The second-order valence-electron chi connectivity index (χ2n) is 4.71. The summed E-state index contributed by atoms with van der Waals surface area (Å²) in [5, 5.41) is 13.1. The van der Waals surface area contributed by atoms with E-state index in [-0.39, 0.29) is 0 Å². The lowest BCUT2D eigenvalue weighted by Crippen LogP contribution is -2.44. The maximum absolute atomic E-state index is 9.69. The van der Waals surface area contributed by atoms with Crippen molar-refractivity contribution in [3.05, 3.63) is 0 Å². The lowest BCUT2D eigenvalue weighted by molar-refractivity contribution is 0.0122. The minimum atomic E-state index is -0.425. The number of aliphatic hydroxyl groups is 1. The maximum Gasteiger partial charge on any atom is 0.0897 e. The van der Waals surface area contributed by atoms with E-state index in [1.165, 1.54) is 0 Å². The van der Waals surface area contributed by atoms with Gasteiger partial charge in [-0.1, -0.05) is 0 Å². The molecular formula is C12H26N2O3. The highest BCUT2D eigenvalue weighted by molar-refractivity contribution is 4.76. The third-order valence-corrected chi connectivity index (χ3v) is 3.10. The molecule has 1 aliphatic rings. The summed E-state index contributed by atoms with van der Waals surface area (Å²) in [5.41, 5.74) is 0. The van der Waals surface area contributed by atoms with Gasteiger partial charge in [0.05, 0.1) is 25.9 Å². The fraction of sp³-hybridized carbons (Fsp3) is 1.00. The van der Waals surface area contributed by atoms with Crippen LogP contribution in [0.5, 0.6) is 0 Å². The summed E-state index contributed by atoms with van der Waals surface area (Å²) >= 11 is 0. The number of hydrogen-bond acceptors (Lipinski definition) is 5. The molecule has 0 bridgehead atoms. The Labute approximate surface area is 104 Å². The second-order valence-corrected chi connectivity index (χ2v) is 4.71. The van der Waals surface area contributed by atoms with Gasteiger partial charge in [-0.25, -0.2) is 0 Å². The van der Waals surface area contributed by atoms with Crippen LogP contribution in [0.1, 0.15) is 12.8 Å². The molecule has 0 radical (unpaired) electrons. The van der Waals surface area contributed by atoms with Gasteiger partial charge < -0.3 is 24.8 Å². The minimum Gasteiger partial charge on any atom is -0.389 e. The monoisotopic (exact) mass is 246 g/mol. The van der Waals surface area contributed by atoms with Gasteiger partial charge in [-0.05, 0) is 33.0 Å². The molecule has 1 aliphatic heterocycles. The Morgan fingerprint density at radius 2 is 2.06 bits per heavy atom. The van der Waals surface area contributed by atoms with Crippen LogP contribution in [0.4, 0.5) is 0 Å². The van der Waals surface area contributed by atoms with Crippen molar-refractivity contribution in [2.45, 2.75) is 25.0 Å². The predicted octanol–water partition coefficient (Wildman–Crippen LogP) is -0.306. The molecule has 1 rings (SSSR count). The van der Waals surface area contributed by atoms with Crippen molar-refractivity contribution in [2.24, 2.45) is 0 Å². The van der Waals surface area contributed by atoms with Crippen LogP contribution >= 0.6 is 0 Å². The first kappa shape index (κ1) is 14.9. The van der Waals surface area contributed by atoms with E-state index in [4.69, 9.17) is 9.47 Å². The Kier molecular flexibility index (Phi) is 7.72. The van der Waals surface area contributed by atoms with Gasteiger partial charge in [-0.2, -0.15) is 0 Å². The molecule has 1 atom stereocenters. The fourth-order valence-electron chi connectivity index (χ4n) is 1.94. The lowest BCUT2D eigenvalue weighted by atomic mass is 10.1. The quantitative estimate of drug-likeness (QED) is 0.576. The van der Waals surface area contributed by atoms with Crippen LogP contribution in [-0.4, -0.2) is 75.8 Å². The van der Waals surface area contributed by atoms with E-state index < -0.39 is 6.10 Å². The Balaban J connectivity index is 1.97. The second kappa shape index (κ2) is 8.83. The molecule has 102 valence electrons. The SMILES string of the molecule is COCCOCC(O)CNC1CCN(C)CC1. The first-order valence-electron chi connectivity index (χ1n) is 6.39. The van der Waals surface area contributed by atoms with E-state index in [1.54, 1.807) is 7.11 Å². The smallest absolute Gasteiger partial charge is 0.0897 e. The van der Waals surface area contributed by atoms with Gasteiger partial charge in [-0.15, -0.1) is 0 Å². The molecular weight excluding hydrogens is 220 g/mol. The van der Waals surface area contributed by atoms with Crippen LogP contribution in [0.25, 0.3) is 0 Å². The van der Waals surface area contributed by atoms with Crippen molar-refractivity contribution < 1.29 is 14.6 Å². The van der Waals surface area contributed by atoms with E-state index in [0.717, 1.165) is 25.9 Å². The van der Waals surface area contributed by atoms with E-state index >= 15 is 0 Å². The van der Waals surface area contributed by atoms with Crippen LogP contribution in [0.2, 0.25) is 0 Å². The largest absolute Gasteiger partial charge is 0.389 e. The number of nitrogens with zero attached hydrogens (tertiary/aromatic N) is 1. The summed E-state index contributed by atoms with van der Waals surface area (Å²) in [4.78, 5) is 2.34. The summed E-state index contributed by atoms with van der Waals surface area (Å²) in [7, 11) is 3.79. The molecule has 1 fully saturated rings. The zero-order valence-electron chi connectivity index (χ0n) is 11.0. The minimum absolute atomic E-state index is 0.378. The van der Waals surface area contributed by atoms with Gasteiger partial charge >= 0.3 is 0 Å². The summed E-state index contributed by atoms with van der Waals surface area (Å²) in [6.45, 7) is 4.39. The number of likely N-dealkylation sites (tertiary alicyclic amines) is 1. The van der Waals surface area contributed by atoms with E-state index in [2.05, 4.69) is 17.3 Å². The molecule has 0 saturated carbocycles. The number of rotatable bonds is 8. The molecule has 0 aliphatic carbocycles. The number of ether oxygens (including phenoxy) is 2. The van der Waals surface area contributed by atoms with Gasteiger partial charge in [0.25, 0.3) is 0 Å². The summed E-state index contributed by atoms with van der Waals surface area (Å²) < 4.78 is 10.1. The van der Waals surface area contributed by atoms with Gasteiger partial charge in [0.15, 0.2) is 0 Å². The van der Waals surface area contributed by atoms with Crippen LogP contribution in [0, 0.1) is 0 Å². The molecule has 0 spiro atoms. The maximum atomic E-state index is 9.69. The van der Waals surface area contributed by atoms with Crippen LogP contribution in [0.3, 0.4) is 0 Å². The van der Waals surface area contributed by atoms with Crippen molar-refractivity contribution in [1.29, 1.82) is 0 Å². The molecule has 1 unspecified atom stereocenters. The number of methoxy groups -OCH3 is 1. The Morgan fingerprint density at radius 3 is 2.71 bits per heavy atom. The molecule has 0 amide bonds. The molecule has 1 heterocycles. The molecule has 2 N–H and O–H groups in total. The van der Waals surface area contributed by atoms with E-state index in [9.17, 15) is 5.11 Å². The third-order valence-electron chi connectivity index (χ3n) is 3.10. The fourth-order valence-corrected chi connectivity index (χ4v) is 1.94. The normalized spacial score (nSPS) is 20.6. The number of piperidine rings is 1. The Hall–Kier alpha value is -0.200. The van der Waals surface area contributed by atoms with E-state index in [0.29, 0.717) is 32.4 Å². The highest BCUT2D eigenvalue weighted by Gasteiger charge is 2.16. The average molecular weight is 246 g/mol. The molecule has 1 saturated heterocycles. The summed E-state index contributed by atoms with van der Waals surface area (Å²) in [6.07, 6.45) is 1.90. The Bertz CT molecular complexity index is 185. The average Bonchev–Trinajstić information content (AvgIpc) is 2.34. The zero-order chi connectivity index (χ0) is 12.5.